The number of nitrogens with zero attached hydrogens (tertiary/aromatic N) is 1. The van der Waals surface area contributed by atoms with Crippen LogP contribution >= 0.6 is 0 Å². The molecule has 9 nitrogen and oxygen atoms in total. The minimum Gasteiger partial charge on any atom is -0.458 e. The average molecular weight is 506 g/mol. The van der Waals surface area contributed by atoms with Crippen LogP contribution in [0.5, 0.6) is 0 Å². The van der Waals surface area contributed by atoms with Gasteiger partial charge >= 0.3 is 5.97 Å². The largest absolute Gasteiger partial charge is 0.458 e. The van der Waals surface area contributed by atoms with Gasteiger partial charge in [0.2, 0.25) is 5.89 Å². The van der Waals surface area contributed by atoms with Crippen LogP contribution in [0.15, 0.2) is 28.4 Å². The first-order valence-corrected chi connectivity index (χ1v) is 12.5. The third kappa shape index (κ3) is 6.32. The fourth-order valence-electron chi connectivity index (χ4n) is 4.69. The molecule has 1 saturated heterocycles. The number of cyclic esters (lactones) is 1. The lowest BCUT2D eigenvalue weighted by Crippen LogP contribution is -2.45. The zero-order valence-electron chi connectivity index (χ0n) is 21.9. The van der Waals surface area contributed by atoms with Crippen LogP contribution < -0.4 is 0 Å². The van der Waals surface area contributed by atoms with E-state index in [2.05, 4.69) is 4.98 Å². The number of ether oxygens (including phenoxy) is 2. The van der Waals surface area contributed by atoms with Crippen LogP contribution in [0.3, 0.4) is 0 Å². The van der Waals surface area contributed by atoms with Crippen molar-refractivity contribution >= 4 is 17.8 Å². The first-order chi connectivity index (χ1) is 16.8. The number of esters is 1. The fourth-order valence-corrected chi connectivity index (χ4v) is 4.69. The van der Waals surface area contributed by atoms with Gasteiger partial charge in [-0.3, -0.25) is 9.59 Å². The van der Waals surface area contributed by atoms with Gasteiger partial charge in [-0.15, -0.1) is 0 Å². The van der Waals surface area contributed by atoms with Gasteiger partial charge < -0.3 is 29.2 Å². The summed E-state index contributed by atoms with van der Waals surface area (Å²) in [5, 5.41) is 30.8. The Kier molecular flexibility index (Phi) is 8.60. The fraction of sp³-hybridized carbons (Fsp3) is 0.667. The number of fused-ring (bicyclic) bond motifs is 1. The van der Waals surface area contributed by atoms with E-state index in [1.54, 1.807) is 33.8 Å². The van der Waals surface area contributed by atoms with Crippen LogP contribution in [0.4, 0.5) is 0 Å². The standard InChI is InChI=1S/C27H39NO8/c1-15-8-7-9-27(6)21(36-27)11-19(16(2)10-18-14-34-22(13-29)28-18)35-23(31)12-20(30)26(4,5)25(33)17(3)24(15)32/h7-8,10,14-15,17,19-21,24,29-30,32H,9,11-13H2,1-6H3/t15-,17+,19-,20-,21?,24-,27?/m0/s1. The maximum atomic E-state index is 13.2. The Morgan fingerprint density at radius 3 is 2.56 bits per heavy atom. The van der Waals surface area contributed by atoms with Gasteiger partial charge in [0.05, 0.1) is 35.7 Å². The van der Waals surface area contributed by atoms with Gasteiger partial charge in [0.15, 0.2) is 0 Å². The molecule has 36 heavy (non-hydrogen) atoms. The van der Waals surface area contributed by atoms with Gasteiger partial charge in [-0.2, -0.15) is 0 Å². The molecule has 0 aliphatic carbocycles. The summed E-state index contributed by atoms with van der Waals surface area (Å²) in [5.74, 6) is -1.80. The number of oxazole rings is 1. The zero-order chi connectivity index (χ0) is 26.8. The summed E-state index contributed by atoms with van der Waals surface area (Å²) in [6, 6.07) is 0. The summed E-state index contributed by atoms with van der Waals surface area (Å²) in [6.07, 6.45) is 4.56. The summed E-state index contributed by atoms with van der Waals surface area (Å²) < 4.78 is 16.9. The third-order valence-electron chi connectivity index (χ3n) is 7.58. The van der Waals surface area contributed by atoms with Crippen LogP contribution in [0.1, 0.15) is 72.4 Å². The molecule has 0 spiro atoms. The maximum Gasteiger partial charge on any atom is 0.309 e. The van der Waals surface area contributed by atoms with Crippen molar-refractivity contribution in [1.29, 1.82) is 0 Å². The lowest BCUT2D eigenvalue weighted by Gasteiger charge is -2.34. The summed E-state index contributed by atoms with van der Waals surface area (Å²) in [6.45, 7) is 10.1. The van der Waals surface area contributed by atoms with Gasteiger partial charge in [0.1, 0.15) is 30.5 Å². The number of carbonyl (C=O) groups is 2. The van der Waals surface area contributed by atoms with E-state index >= 15 is 0 Å². The molecule has 0 amide bonds. The first kappa shape index (κ1) is 28.2. The lowest BCUT2D eigenvalue weighted by molar-refractivity contribution is -0.154. The summed E-state index contributed by atoms with van der Waals surface area (Å²) in [7, 11) is 0. The molecule has 9 heteroatoms. The monoisotopic (exact) mass is 505 g/mol. The van der Waals surface area contributed by atoms with Crippen molar-refractivity contribution < 1.29 is 38.8 Å². The second-order valence-corrected chi connectivity index (χ2v) is 10.9. The number of hydrogen-bond donors (Lipinski definition) is 3. The van der Waals surface area contributed by atoms with E-state index in [0.717, 1.165) is 0 Å². The predicted molar refractivity (Wildman–Crippen MR) is 131 cm³/mol. The van der Waals surface area contributed by atoms with Crippen LogP contribution in [0, 0.1) is 17.3 Å². The lowest BCUT2D eigenvalue weighted by atomic mass is 9.73. The molecule has 2 aliphatic heterocycles. The minimum absolute atomic E-state index is 0.163. The van der Waals surface area contributed by atoms with Crippen molar-refractivity contribution in [2.45, 2.75) is 97.4 Å². The number of ketones is 1. The van der Waals surface area contributed by atoms with Gasteiger partial charge in [-0.05, 0) is 31.9 Å². The van der Waals surface area contributed by atoms with Crippen molar-refractivity contribution in [3.8, 4) is 0 Å². The molecule has 0 saturated carbocycles. The highest BCUT2D eigenvalue weighted by molar-refractivity contribution is 5.88. The molecule has 0 radical (unpaired) electrons. The van der Waals surface area contributed by atoms with E-state index in [0.29, 0.717) is 24.1 Å². The number of epoxide rings is 1. The molecule has 1 fully saturated rings. The third-order valence-corrected chi connectivity index (χ3v) is 7.58. The minimum atomic E-state index is -1.29. The second-order valence-electron chi connectivity index (χ2n) is 10.9. The SMILES string of the molecule is CC(=Cc1coc(CO)n1)[C@@H]1CC2OC2(C)CC=C[C@H](C)[C@H](O)[C@@H](C)C(=O)C(C)(C)[C@@H](O)CC(=O)O1. The topological polar surface area (TPSA) is 143 Å². The smallest absolute Gasteiger partial charge is 0.309 e. The highest BCUT2D eigenvalue weighted by Gasteiger charge is 2.52. The first-order valence-electron chi connectivity index (χ1n) is 12.5. The van der Waals surface area contributed by atoms with Crippen LogP contribution in [-0.2, 0) is 25.7 Å². The van der Waals surface area contributed by atoms with Crippen molar-refractivity contribution in [3.05, 3.63) is 35.6 Å². The Morgan fingerprint density at radius 2 is 1.92 bits per heavy atom. The Bertz CT molecular complexity index is 1010. The number of rotatable bonds is 3. The molecule has 2 aliphatic rings. The Balaban J connectivity index is 1.89. The molecule has 3 heterocycles. The van der Waals surface area contributed by atoms with Crippen molar-refractivity contribution in [2.24, 2.45) is 17.3 Å². The number of hydrogen-bond acceptors (Lipinski definition) is 9. The molecule has 200 valence electrons. The van der Waals surface area contributed by atoms with E-state index in [4.69, 9.17) is 13.9 Å². The van der Waals surface area contributed by atoms with E-state index < -0.39 is 41.2 Å². The average Bonchev–Trinajstić information content (AvgIpc) is 3.23. The second kappa shape index (κ2) is 11.0. The quantitative estimate of drug-likeness (QED) is 0.321. The van der Waals surface area contributed by atoms with Crippen LogP contribution in [0.2, 0.25) is 0 Å². The number of aliphatic hydroxyl groups is 3. The molecule has 3 N–H and O–H groups in total. The highest BCUT2D eigenvalue weighted by Crippen LogP contribution is 2.44. The number of carbonyl (C=O) groups excluding carboxylic acids is 2. The normalized spacial score (nSPS) is 36.3. The van der Waals surface area contributed by atoms with Gasteiger partial charge in [0, 0.05) is 18.3 Å². The Hall–Kier alpha value is -2.33. The van der Waals surface area contributed by atoms with Gasteiger partial charge in [0.25, 0.3) is 0 Å². The molecule has 7 atom stereocenters. The zero-order valence-corrected chi connectivity index (χ0v) is 21.9. The van der Waals surface area contributed by atoms with E-state index in [1.165, 1.54) is 6.26 Å². The highest BCUT2D eigenvalue weighted by atomic mass is 16.6. The van der Waals surface area contributed by atoms with Gasteiger partial charge in [-0.25, -0.2) is 4.98 Å². The molecule has 3 rings (SSSR count). The number of aromatic nitrogens is 1. The predicted octanol–water partition coefficient (Wildman–Crippen LogP) is 2.97. The molecular formula is C27H39NO8. The Labute approximate surface area is 212 Å². The maximum absolute atomic E-state index is 13.2. The molecule has 2 unspecified atom stereocenters. The summed E-state index contributed by atoms with van der Waals surface area (Å²) >= 11 is 0. The van der Waals surface area contributed by atoms with Crippen molar-refractivity contribution in [3.63, 3.8) is 0 Å². The summed E-state index contributed by atoms with van der Waals surface area (Å²) in [4.78, 5) is 30.3. The van der Waals surface area contributed by atoms with E-state index in [9.17, 15) is 24.9 Å². The van der Waals surface area contributed by atoms with Crippen molar-refractivity contribution in [1.82, 2.24) is 4.98 Å². The van der Waals surface area contributed by atoms with E-state index in [-0.39, 0.29) is 36.7 Å². The number of Topliss-reactive ketones (excluding diaryl/α,β-unsaturated/α-hetero) is 1. The van der Waals surface area contributed by atoms with E-state index in [1.807, 2.05) is 26.0 Å². The van der Waals surface area contributed by atoms with Crippen molar-refractivity contribution in [2.75, 3.05) is 0 Å². The number of aliphatic hydroxyl groups excluding tert-OH is 3. The summed E-state index contributed by atoms with van der Waals surface area (Å²) in [5.41, 5.74) is -0.523. The molecule has 0 bridgehead atoms. The molecule has 1 aromatic heterocycles. The molecule has 1 aromatic rings. The molecular weight excluding hydrogens is 466 g/mol. The van der Waals surface area contributed by atoms with Gasteiger partial charge in [-0.1, -0.05) is 39.8 Å². The Morgan fingerprint density at radius 1 is 1.22 bits per heavy atom. The van der Waals surface area contributed by atoms with Crippen LogP contribution in [-0.4, -0.2) is 62.1 Å². The molecule has 0 aromatic carbocycles. The van der Waals surface area contributed by atoms with Crippen LogP contribution in [0.25, 0.3) is 6.08 Å².